The first kappa shape index (κ1) is 6.99. The summed E-state index contributed by atoms with van der Waals surface area (Å²) in [6.45, 7) is 2.00. The zero-order valence-electron chi connectivity index (χ0n) is 5.51. The molecule has 3 heteroatoms. The standard InChI is InChI=1S/C6H14N2O/c7-6(9)5-1-3-8-4-2-5/h5-6,8-9H,1-4,7H2/t6-/m0/s1. The lowest BCUT2D eigenvalue weighted by molar-refractivity contribution is 0.0947. The number of piperidine rings is 1. The molecule has 4 N–H and O–H groups in total. The van der Waals surface area contributed by atoms with Crippen molar-refractivity contribution in [3.8, 4) is 0 Å². The summed E-state index contributed by atoms with van der Waals surface area (Å²) in [5, 5.41) is 12.1. The highest BCUT2D eigenvalue weighted by Gasteiger charge is 2.17. The van der Waals surface area contributed by atoms with Crippen LogP contribution in [0.25, 0.3) is 0 Å². The van der Waals surface area contributed by atoms with E-state index < -0.39 is 6.23 Å². The van der Waals surface area contributed by atoms with Crippen molar-refractivity contribution >= 4 is 0 Å². The number of rotatable bonds is 1. The second-order valence-electron chi connectivity index (χ2n) is 2.58. The van der Waals surface area contributed by atoms with E-state index in [0.717, 1.165) is 25.9 Å². The van der Waals surface area contributed by atoms with Crippen molar-refractivity contribution in [3.05, 3.63) is 0 Å². The summed E-state index contributed by atoms with van der Waals surface area (Å²) < 4.78 is 0. The molecule has 0 aromatic rings. The molecular formula is C6H14N2O. The van der Waals surface area contributed by atoms with Crippen LogP contribution in [0.5, 0.6) is 0 Å². The van der Waals surface area contributed by atoms with Crippen molar-refractivity contribution in [2.45, 2.75) is 19.1 Å². The summed E-state index contributed by atoms with van der Waals surface area (Å²) in [6, 6.07) is 0. The first-order valence-corrected chi connectivity index (χ1v) is 3.45. The van der Waals surface area contributed by atoms with Gasteiger partial charge in [-0.15, -0.1) is 0 Å². The summed E-state index contributed by atoms with van der Waals surface area (Å²) in [6.07, 6.45) is 1.42. The predicted molar refractivity (Wildman–Crippen MR) is 35.8 cm³/mol. The molecule has 0 amide bonds. The third kappa shape index (κ3) is 1.93. The van der Waals surface area contributed by atoms with E-state index in [1.807, 2.05) is 0 Å². The molecule has 0 bridgehead atoms. The van der Waals surface area contributed by atoms with E-state index in [0.29, 0.717) is 5.92 Å². The molecule has 0 unspecified atom stereocenters. The van der Waals surface area contributed by atoms with Crippen LogP contribution in [-0.2, 0) is 0 Å². The van der Waals surface area contributed by atoms with E-state index in [9.17, 15) is 0 Å². The molecule has 0 aliphatic carbocycles. The fraction of sp³-hybridized carbons (Fsp3) is 1.00. The molecule has 1 aliphatic heterocycles. The largest absolute Gasteiger partial charge is 0.379 e. The van der Waals surface area contributed by atoms with Crippen LogP contribution in [0.1, 0.15) is 12.8 Å². The van der Waals surface area contributed by atoms with Crippen molar-refractivity contribution < 1.29 is 5.11 Å². The van der Waals surface area contributed by atoms with Crippen molar-refractivity contribution in [1.29, 1.82) is 0 Å². The van der Waals surface area contributed by atoms with Crippen LogP contribution < -0.4 is 11.1 Å². The van der Waals surface area contributed by atoms with Gasteiger partial charge in [-0.25, -0.2) is 0 Å². The average Bonchev–Trinajstić information content (AvgIpc) is 1.90. The average molecular weight is 130 g/mol. The first-order valence-electron chi connectivity index (χ1n) is 3.45. The molecule has 1 aliphatic rings. The minimum absolute atomic E-state index is 0.325. The maximum atomic E-state index is 8.93. The van der Waals surface area contributed by atoms with E-state index in [4.69, 9.17) is 10.8 Å². The topological polar surface area (TPSA) is 58.3 Å². The van der Waals surface area contributed by atoms with Gasteiger partial charge in [-0.05, 0) is 25.9 Å². The van der Waals surface area contributed by atoms with Crippen LogP contribution in [-0.4, -0.2) is 24.4 Å². The highest BCUT2D eigenvalue weighted by Crippen LogP contribution is 2.12. The molecule has 1 heterocycles. The summed E-state index contributed by atoms with van der Waals surface area (Å²) >= 11 is 0. The first-order chi connectivity index (χ1) is 4.30. The van der Waals surface area contributed by atoms with Crippen molar-refractivity contribution in [3.63, 3.8) is 0 Å². The van der Waals surface area contributed by atoms with Crippen molar-refractivity contribution in [2.75, 3.05) is 13.1 Å². The van der Waals surface area contributed by atoms with Gasteiger partial charge in [0.1, 0.15) is 6.23 Å². The van der Waals surface area contributed by atoms with E-state index >= 15 is 0 Å². The van der Waals surface area contributed by atoms with Gasteiger partial charge in [-0.2, -0.15) is 0 Å². The Morgan fingerprint density at radius 3 is 2.33 bits per heavy atom. The Labute approximate surface area is 55.2 Å². The van der Waals surface area contributed by atoms with Gasteiger partial charge in [-0.3, -0.25) is 0 Å². The molecule has 1 saturated heterocycles. The van der Waals surface area contributed by atoms with Crippen LogP contribution in [0.4, 0.5) is 0 Å². The Hall–Kier alpha value is -0.120. The second-order valence-corrected chi connectivity index (χ2v) is 2.58. The van der Waals surface area contributed by atoms with E-state index in [1.165, 1.54) is 0 Å². The van der Waals surface area contributed by atoms with Crippen LogP contribution in [0.3, 0.4) is 0 Å². The summed E-state index contributed by atoms with van der Waals surface area (Å²) in [4.78, 5) is 0. The molecule has 1 atom stereocenters. The molecule has 1 rings (SSSR count). The molecule has 54 valence electrons. The lowest BCUT2D eigenvalue weighted by atomic mass is 9.97. The number of hydrogen-bond acceptors (Lipinski definition) is 3. The molecule has 0 aromatic carbocycles. The lowest BCUT2D eigenvalue weighted by Gasteiger charge is -2.24. The Morgan fingerprint density at radius 1 is 1.44 bits per heavy atom. The van der Waals surface area contributed by atoms with Crippen molar-refractivity contribution in [2.24, 2.45) is 11.7 Å². The smallest absolute Gasteiger partial charge is 0.105 e. The molecule has 0 spiro atoms. The van der Waals surface area contributed by atoms with Gasteiger partial charge in [0.2, 0.25) is 0 Å². The van der Waals surface area contributed by atoms with E-state index in [2.05, 4.69) is 5.32 Å². The molecular weight excluding hydrogens is 116 g/mol. The van der Waals surface area contributed by atoms with Crippen molar-refractivity contribution in [1.82, 2.24) is 5.32 Å². The number of hydrogen-bond donors (Lipinski definition) is 3. The van der Waals surface area contributed by atoms with Crippen LogP contribution >= 0.6 is 0 Å². The number of nitrogens with two attached hydrogens (primary N) is 1. The number of nitrogens with one attached hydrogen (secondary N) is 1. The predicted octanol–water partition coefficient (Wildman–Crippen LogP) is -0.737. The van der Waals surface area contributed by atoms with Gasteiger partial charge < -0.3 is 16.2 Å². The quantitative estimate of drug-likeness (QED) is 0.410. The fourth-order valence-electron chi connectivity index (χ4n) is 1.19. The minimum atomic E-state index is -0.605. The second kappa shape index (κ2) is 3.15. The van der Waals surface area contributed by atoms with Gasteiger partial charge in [0.25, 0.3) is 0 Å². The third-order valence-corrected chi connectivity index (χ3v) is 1.87. The monoisotopic (exact) mass is 130 g/mol. The van der Waals surface area contributed by atoms with Gasteiger partial charge in [0.15, 0.2) is 0 Å². The summed E-state index contributed by atoms with van der Waals surface area (Å²) in [5.41, 5.74) is 5.29. The van der Waals surface area contributed by atoms with Gasteiger partial charge in [0, 0.05) is 5.92 Å². The lowest BCUT2D eigenvalue weighted by Crippen LogP contribution is -2.38. The van der Waals surface area contributed by atoms with Gasteiger partial charge in [0.05, 0.1) is 0 Å². The molecule has 9 heavy (non-hydrogen) atoms. The maximum Gasteiger partial charge on any atom is 0.105 e. The molecule has 0 radical (unpaired) electrons. The normalized spacial score (nSPS) is 26.0. The Morgan fingerprint density at radius 2 is 2.00 bits per heavy atom. The molecule has 3 nitrogen and oxygen atoms in total. The third-order valence-electron chi connectivity index (χ3n) is 1.87. The van der Waals surface area contributed by atoms with Gasteiger partial charge >= 0.3 is 0 Å². The molecule has 0 saturated carbocycles. The number of aliphatic hydroxyl groups excluding tert-OH is 1. The zero-order valence-corrected chi connectivity index (χ0v) is 5.51. The summed E-state index contributed by atoms with van der Waals surface area (Å²) in [7, 11) is 0. The Balaban J connectivity index is 2.23. The molecule has 0 aromatic heterocycles. The SMILES string of the molecule is N[C@@H](O)C1CCNCC1. The highest BCUT2D eigenvalue weighted by molar-refractivity contribution is 4.71. The fourth-order valence-corrected chi connectivity index (χ4v) is 1.19. The molecule has 1 fully saturated rings. The zero-order chi connectivity index (χ0) is 6.69. The van der Waals surface area contributed by atoms with Crippen LogP contribution in [0, 0.1) is 5.92 Å². The van der Waals surface area contributed by atoms with Crippen LogP contribution in [0.15, 0.2) is 0 Å². The minimum Gasteiger partial charge on any atom is -0.379 e. The Kier molecular flexibility index (Phi) is 2.45. The number of aliphatic hydroxyl groups is 1. The Bertz CT molecular complexity index is 79.1. The maximum absolute atomic E-state index is 8.93. The van der Waals surface area contributed by atoms with Crippen LogP contribution in [0.2, 0.25) is 0 Å². The van der Waals surface area contributed by atoms with E-state index in [1.54, 1.807) is 0 Å². The van der Waals surface area contributed by atoms with Gasteiger partial charge in [-0.1, -0.05) is 0 Å². The highest BCUT2D eigenvalue weighted by atomic mass is 16.3. The summed E-state index contributed by atoms with van der Waals surface area (Å²) in [5.74, 6) is 0.325. The van der Waals surface area contributed by atoms with E-state index in [-0.39, 0.29) is 0 Å².